The Labute approximate surface area is 301 Å². The molecule has 252 valence electrons. The van der Waals surface area contributed by atoms with Crippen molar-refractivity contribution in [2.45, 2.75) is 36.6 Å². The number of carbonyl (C=O) groups excluding carboxylic acids is 2. The Morgan fingerprint density at radius 1 is 0.902 bits per heavy atom. The number of hydrogen-bond donors (Lipinski definition) is 1. The summed E-state index contributed by atoms with van der Waals surface area (Å²) in [6, 6.07) is 34.2. The van der Waals surface area contributed by atoms with Crippen molar-refractivity contribution in [2.75, 3.05) is 4.90 Å². The number of nitrogens with zero attached hydrogens (tertiary/aromatic N) is 5. The van der Waals surface area contributed by atoms with E-state index in [0.29, 0.717) is 39.4 Å². The summed E-state index contributed by atoms with van der Waals surface area (Å²) in [6.45, 7) is 4.08. The minimum atomic E-state index is -1.01. The van der Waals surface area contributed by atoms with Gasteiger partial charge in [-0.2, -0.15) is 0 Å². The molecular weight excluding hydrogens is 679 g/mol. The molecule has 9 nitrogen and oxygen atoms in total. The number of thioether (sulfide) groups is 1. The lowest BCUT2D eigenvalue weighted by molar-refractivity contribution is -0.132. The Morgan fingerprint density at radius 2 is 1.69 bits per heavy atom. The Balaban J connectivity index is 1.18. The Bertz CT molecular complexity index is 2480. The molecule has 1 amide bonds. The highest BCUT2D eigenvalue weighted by Crippen LogP contribution is 2.45. The second-order valence-corrected chi connectivity index (χ2v) is 14.4. The monoisotopic (exact) mass is 709 g/mol. The van der Waals surface area contributed by atoms with Crippen molar-refractivity contribution >= 4 is 62.1 Å². The predicted molar refractivity (Wildman–Crippen MR) is 200 cm³/mol. The van der Waals surface area contributed by atoms with E-state index in [1.165, 1.54) is 28.0 Å². The molecule has 0 radical (unpaired) electrons. The van der Waals surface area contributed by atoms with E-state index in [1.54, 1.807) is 12.1 Å². The number of ketones is 1. The van der Waals surface area contributed by atoms with Crippen molar-refractivity contribution < 1.29 is 19.4 Å². The molecule has 3 aromatic heterocycles. The van der Waals surface area contributed by atoms with E-state index in [2.05, 4.69) is 34.5 Å². The first-order valence-electron chi connectivity index (χ1n) is 16.3. The Morgan fingerprint density at radius 3 is 2.53 bits per heavy atom. The highest BCUT2D eigenvalue weighted by molar-refractivity contribution is 8.00. The van der Waals surface area contributed by atoms with Crippen LogP contribution in [0.1, 0.15) is 39.7 Å². The Hall–Kier alpha value is -5.78. The van der Waals surface area contributed by atoms with E-state index in [4.69, 9.17) is 9.72 Å². The number of carbonyl (C=O) groups is 2. The first-order valence-corrected chi connectivity index (χ1v) is 18.1. The van der Waals surface area contributed by atoms with Crippen LogP contribution in [0.3, 0.4) is 0 Å². The highest BCUT2D eigenvalue weighted by atomic mass is 32.2. The largest absolute Gasteiger partial charge is 0.505 e. The van der Waals surface area contributed by atoms with E-state index < -0.39 is 17.7 Å². The summed E-state index contributed by atoms with van der Waals surface area (Å²) in [4.78, 5) is 34.0. The van der Waals surface area contributed by atoms with Gasteiger partial charge in [0.25, 0.3) is 5.78 Å². The average molecular weight is 710 g/mol. The molecule has 0 bridgehead atoms. The highest BCUT2D eigenvalue weighted by Gasteiger charge is 2.49. The van der Waals surface area contributed by atoms with E-state index in [1.807, 2.05) is 97.2 Å². The van der Waals surface area contributed by atoms with Crippen LogP contribution in [0.2, 0.25) is 0 Å². The van der Waals surface area contributed by atoms with Crippen molar-refractivity contribution in [1.82, 2.24) is 19.6 Å². The number of aromatic nitrogens is 4. The van der Waals surface area contributed by atoms with Crippen LogP contribution in [0, 0.1) is 13.8 Å². The second-order valence-electron chi connectivity index (χ2n) is 12.2. The van der Waals surface area contributed by atoms with Crippen LogP contribution in [-0.4, -0.2) is 36.4 Å². The van der Waals surface area contributed by atoms with Gasteiger partial charge in [0, 0.05) is 11.9 Å². The number of Topliss-reactive ketones (excluding diaryl/α,β-unsaturated/α-hetero) is 1. The van der Waals surface area contributed by atoms with Crippen LogP contribution in [0.5, 0.6) is 5.75 Å². The van der Waals surface area contributed by atoms with Crippen LogP contribution in [0.15, 0.2) is 125 Å². The van der Waals surface area contributed by atoms with E-state index in [0.717, 1.165) is 27.5 Å². The van der Waals surface area contributed by atoms with Gasteiger partial charge in [-0.1, -0.05) is 114 Å². The number of rotatable bonds is 9. The standard InChI is InChI=1S/C40H31N5O4S2/c1-24-11-10-20-44-25(2)33(41-37(24)44)35(46)32-34(28-16-9-18-30(21-28)49-22-26-12-4-3-5-13-26)45(38(48)36(32)47)39-42-43-40(51-39)50-23-29-17-8-15-27-14-6-7-19-31(27)29/h3-21,34,46H,22-23H2,1-2H3/b35-32+. The third-order valence-electron chi connectivity index (χ3n) is 9.01. The predicted octanol–water partition coefficient (Wildman–Crippen LogP) is 8.45. The molecule has 0 saturated carbocycles. The average Bonchev–Trinajstić information content (AvgIpc) is 3.84. The molecule has 1 N–H and O–H groups in total. The fourth-order valence-electron chi connectivity index (χ4n) is 6.45. The molecule has 1 saturated heterocycles. The van der Waals surface area contributed by atoms with Gasteiger partial charge in [0.1, 0.15) is 23.7 Å². The molecule has 4 aromatic carbocycles. The summed E-state index contributed by atoms with van der Waals surface area (Å²) >= 11 is 2.74. The molecule has 7 aromatic rings. The third-order valence-corrected chi connectivity index (χ3v) is 11.1. The summed E-state index contributed by atoms with van der Waals surface area (Å²) < 4.78 is 8.64. The number of imidazole rings is 1. The summed E-state index contributed by atoms with van der Waals surface area (Å²) in [5.74, 6) is -0.804. The van der Waals surface area contributed by atoms with E-state index in [-0.39, 0.29) is 22.2 Å². The van der Waals surface area contributed by atoms with Crippen LogP contribution >= 0.6 is 23.1 Å². The van der Waals surface area contributed by atoms with Gasteiger partial charge in [-0.05, 0) is 65.1 Å². The summed E-state index contributed by atoms with van der Waals surface area (Å²) in [7, 11) is 0. The number of pyridine rings is 1. The zero-order valence-corrected chi connectivity index (χ0v) is 29.3. The molecule has 1 atom stereocenters. The first kappa shape index (κ1) is 32.4. The van der Waals surface area contributed by atoms with Crippen molar-refractivity contribution in [3.05, 3.63) is 155 Å². The molecule has 1 aliphatic rings. The minimum absolute atomic E-state index is 0.0791. The van der Waals surface area contributed by atoms with E-state index in [9.17, 15) is 14.7 Å². The maximum Gasteiger partial charge on any atom is 0.301 e. The smallest absolute Gasteiger partial charge is 0.301 e. The number of aryl methyl sites for hydroxylation is 2. The third kappa shape index (κ3) is 6.04. The van der Waals surface area contributed by atoms with Gasteiger partial charge in [0.15, 0.2) is 10.1 Å². The molecular formula is C40H31N5O4S2. The lowest BCUT2D eigenvalue weighted by Gasteiger charge is -2.23. The molecule has 11 heteroatoms. The van der Waals surface area contributed by atoms with Gasteiger partial charge in [-0.15, -0.1) is 10.2 Å². The van der Waals surface area contributed by atoms with Gasteiger partial charge in [0.05, 0.1) is 17.3 Å². The lowest BCUT2D eigenvalue weighted by atomic mass is 9.96. The summed E-state index contributed by atoms with van der Waals surface area (Å²) in [5, 5.41) is 23.3. The zero-order valence-electron chi connectivity index (χ0n) is 27.7. The molecule has 1 aliphatic heterocycles. The van der Waals surface area contributed by atoms with Crippen molar-refractivity contribution in [1.29, 1.82) is 0 Å². The fraction of sp³-hybridized carbons (Fsp3) is 0.125. The Kier molecular flexibility index (Phi) is 8.58. The van der Waals surface area contributed by atoms with Crippen LogP contribution in [0.25, 0.3) is 22.2 Å². The second kappa shape index (κ2) is 13.5. The lowest BCUT2D eigenvalue weighted by Crippen LogP contribution is -2.29. The number of ether oxygens (including phenoxy) is 1. The summed E-state index contributed by atoms with van der Waals surface area (Å²) in [5.41, 5.74) is 5.06. The maximum atomic E-state index is 14.0. The molecule has 1 fully saturated rings. The number of hydrogen-bond acceptors (Lipinski definition) is 9. The number of aliphatic hydroxyl groups is 1. The topological polar surface area (TPSA) is 110 Å². The quantitative estimate of drug-likeness (QED) is 0.0523. The van der Waals surface area contributed by atoms with Crippen molar-refractivity contribution in [2.24, 2.45) is 0 Å². The maximum absolute atomic E-state index is 14.0. The van der Waals surface area contributed by atoms with Crippen LogP contribution in [0.4, 0.5) is 5.13 Å². The van der Waals surface area contributed by atoms with Crippen LogP contribution < -0.4 is 9.64 Å². The van der Waals surface area contributed by atoms with Crippen molar-refractivity contribution in [3.63, 3.8) is 0 Å². The number of aliphatic hydroxyl groups excluding tert-OH is 1. The van der Waals surface area contributed by atoms with Gasteiger partial charge in [-0.3, -0.25) is 14.5 Å². The number of fused-ring (bicyclic) bond motifs is 2. The number of amides is 1. The first-order chi connectivity index (χ1) is 24.9. The fourth-order valence-corrected chi connectivity index (χ4v) is 8.32. The molecule has 0 aliphatic carbocycles. The van der Waals surface area contributed by atoms with Gasteiger partial charge in [0.2, 0.25) is 5.13 Å². The van der Waals surface area contributed by atoms with E-state index >= 15 is 0 Å². The number of anilines is 1. The van der Waals surface area contributed by atoms with Gasteiger partial charge >= 0.3 is 5.91 Å². The van der Waals surface area contributed by atoms with Crippen molar-refractivity contribution in [3.8, 4) is 5.75 Å². The normalized spacial score (nSPS) is 15.6. The zero-order chi connectivity index (χ0) is 35.1. The van der Waals surface area contributed by atoms with Crippen LogP contribution in [-0.2, 0) is 21.9 Å². The summed E-state index contributed by atoms with van der Waals surface area (Å²) in [6.07, 6.45) is 1.85. The van der Waals surface area contributed by atoms with Gasteiger partial charge < -0.3 is 14.2 Å². The SMILES string of the molecule is Cc1cccn2c(C)c(/C(O)=C3\C(=O)C(=O)N(c4nnc(SCc5cccc6ccccc56)s4)C3c3cccc(OCc4ccccc4)c3)nc12. The minimum Gasteiger partial charge on any atom is -0.505 e. The molecule has 0 spiro atoms. The molecule has 4 heterocycles. The molecule has 8 rings (SSSR count). The number of benzene rings is 4. The molecule has 51 heavy (non-hydrogen) atoms. The van der Waals surface area contributed by atoms with Gasteiger partial charge in [-0.25, -0.2) is 4.98 Å². The molecule has 1 unspecified atom stereocenters.